The first-order chi connectivity index (χ1) is 39.1. The van der Waals surface area contributed by atoms with E-state index >= 15 is 0 Å². The van der Waals surface area contributed by atoms with E-state index in [1.165, 1.54) is 0 Å². The summed E-state index contributed by atoms with van der Waals surface area (Å²) in [6, 6.07) is 0. The van der Waals surface area contributed by atoms with Gasteiger partial charge in [-0.2, -0.15) is 25.3 Å². The third kappa shape index (κ3) is 12.6. The van der Waals surface area contributed by atoms with Gasteiger partial charge < -0.3 is 42.6 Å². The Bertz CT molecular complexity index is 2900. The maximum atomic E-state index is 12.5. The highest BCUT2D eigenvalue weighted by Crippen LogP contribution is 2.74. The molecule has 486 valence electrons. The predicted molar refractivity (Wildman–Crippen MR) is 301 cm³/mol. The number of carbonyl (C=O) groups excluding carboxylic acids is 6. The summed E-state index contributed by atoms with van der Waals surface area (Å²) < 4.78 is 138. The van der Waals surface area contributed by atoms with E-state index in [-0.39, 0.29) is 118 Å². The first-order valence-corrected chi connectivity index (χ1v) is 34.2. The number of esters is 6. The van der Waals surface area contributed by atoms with Crippen molar-refractivity contribution in [3.63, 3.8) is 0 Å². The van der Waals surface area contributed by atoms with Gasteiger partial charge in [0.15, 0.2) is 0 Å². The van der Waals surface area contributed by atoms with Crippen molar-refractivity contribution in [2.24, 2.45) is 62.6 Å². The van der Waals surface area contributed by atoms with Gasteiger partial charge >= 0.3 is 35.8 Å². The minimum absolute atomic E-state index is 0.0123. The summed E-state index contributed by atoms with van der Waals surface area (Å²) in [7, 11) is -10.7. The molecule has 6 saturated carbocycles. The molecule has 27 heteroatoms. The zero-order valence-corrected chi connectivity index (χ0v) is 54.7. The molecule has 24 nitrogen and oxygen atoms in total. The van der Waals surface area contributed by atoms with E-state index in [0.29, 0.717) is 38.5 Å². The van der Waals surface area contributed by atoms with Crippen molar-refractivity contribution < 1.29 is 109 Å². The van der Waals surface area contributed by atoms with Crippen LogP contribution in [0.15, 0.2) is 0 Å². The molecule has 3 saturated heterocycles. The third-order valence-electron chi connectivity index (χ3n) is 21.6. The van der Waals surface area contributed by atoms with E-state index in [2.05, 4.69) is 0 Å². The van der Waals surface area contributed by atoms with Crippen LogP contribution in [0.5, 0.6) is 0 Å². The average molecular weight is 1270 g/mol. The van der Waals surface area contributed by atoms with Gasteiger partial charge in [0, 0.05) is 23.2 Å². The van der Waals surface area contributed by atoms with Crippen molar-refractivity contribution in [3.8, 4) is 0 Å². The molecule has 6 bridgehead atoms. The van der Waals surface area contributed by atoms with Gasteiger partial charge in [0.1, 0.15) is 82.9 Å². The van der Waals surface area contributed by atoms with Gasteiger partial charge in [-0.25, -0.2) is 14.4 Å². The molecule has 0 aromatic rings. The number of rotatable bonds is 24. The molecule has 6 aliphatic carbocycles. The van der Waals surface area contributed by atoms with Crippen molar-refractivity contribution in [2.75, 3.05) is 59.5 Å². The number of ether oxygens (including phenoxy) is 9. The number of hydrogen-bond donors (Lipinski definition) is 0. The van der Waals surface area contributed by atoms with Crippen molar-refractivity contribution in [2.45, 2.75) is 207 Å². The first kappa shape index (κ1) is 68.9. The van der Waals surface area contributed by atoms with Crippen molar-refractivity contribution in [1.29, 1.82) is 0 Å². The summed E-state index contributed by atoms with van der Waals surface area (Å²) >= 11 is 0. The fraction of sp³-hybridized carbons (Fsp3) is 0.897. The lowest BCUT2D eigenvalue weighted by Gasteiger charge is -2.48. The third-order valence-corrected chi connectivity index (χ3v) is 26.9. The van der Waals surface area contributed by atoms with Gasteiger partial charge in [0.2, 0.25) is 0 Å². The SMILES string of the molecule is CCC(C)(C)C(=O)OCCOC(=O)COC1(C)C2(C)CC3C(C2C)C1(C)OS3(=O)=O.CCC(C)(C)C(=O)OCCOC(=O)COC1(C)C2CC3C1OS(=O)(=O)C3C2.CCC(C)(C)C(=O)OCCOC(=O)COC1C2OS(=O)(=O)C3CC1C(C)(C)C23. The van der Waals surface area contributed by atoms with Crippen LogP contribution in [0.2, 0.25) is 0 Å². The van der Waals surface area contributed by atoms with Crippen LogP contribution < -0.4 is 0 Å². The van der Waals surface area contributed by atoms with E-state index in [1.54, 1.807) is 55.4 Å². The molecule has 85 heavy (non-hydrogen) atoms. The second kappa shape index (κ2) is 24.3. The Morgan fingerprint density at radius 2 is 0.976 bits per heavy atom. The summed E-state index contributed by atoms with van der Waals surface area (Å²) in [5, 5.41) is -1.42. The number of hydrogen-bond acceptors (Lipinski definition) is 24. The maximum absolute atomic E-state index is 12.5. The fourth-order valence-electron chi connectivity index (χ4n) is 14.7. The summed E-state index contributed by atoms with van der Waals surface area (Å²) in [6.45, 7) is 28.9. The molecule has 3 heterocycles. The van der Waals surface area contributed by atoms with Gasteiger partial charge in [-0.05, 0) is 130 Å². The minimum atomic E-state index is -3.66. The highest BCUT2D eigenvalue weighted by Gasteiger charge is 2.83. The highest BCUT2D eigenvalue weighted by molar-refractivity contribution is 7.88. The van der Waals surface area contributed by atoms with Crippen LogP contribution in [0.3, 0.4) is 0 Å². The van der Waals surface area contributed by atoms with E-state index in [9.17, 15) is 54.0 Å². The highest BCUT2D eigenvalue weighted by atomic mass is 32.2. The normalized spacial score (nSPS) is 37.3. The monoisotopic (exact) mass is 1270 g/mol. The lowest BCUT2D eigenvalue weighted by molar-refractivity contribution is -0.202. The van der Waals surface area contributed by atoms with Gasteiger partial charge in [-0.3, -0.25) is 26.9 Å². The maximum Gasteiger partial charge on any atom is 0.332 e. The second-order valence-electron chi connectivity index (χ2n) is 27.7. The van der Waals surface area contributed by atoms with Gasteiger partial charge in [0.25, 0.3) is 30.4 Å². The van der Waals surface area contributed by atoms with Crippen LogP contribution in [-0.4, -0.2) is 171 Å². The molecule has 0 aromatic heterocycles. The molecule has 9 aliphatic rings. The van der Waals surface area contributed by atoms with E-state index in [1.807, 2.05) is 55.4 Å². The Balaban J connectivity index is 0.000000183. The molecule has 16 unspecified atom stereocenters. The van der Waals surface area contributed by atoms with Crippen LogP contribution in [0, 0.1) is 62.6 Å². The topological polar surface area (TPSA) is 316 Å². The Kier molecular flexibility index (Phi) is 19.7. The molecule has 16 atom stereocenters. The average Bonchev–Trinajstić information content (AvgIpc) is 1.49. The lowest BCUT2D eigenvalue weighted by Crippen LogP contribution is -2.60. The molecular formula is C58H92O24S3. The molecule has 0 aromatic carbocycles. The van der Waals surface area contributed by atoms with Crippen molar-refractivity contribution >= 4 is 66.2 Å². The fourth-order valence-corrected chi connectivity index (χ4v) is 20.9. The Morgan fingerprint density at radius 3 is 1.46 bits per heavy atom. The zero-order chi connectivity index (χ0) is 63.7. The molecule has 3 aliphatic heterocycles. The molecular weight excluding hydrogens is 1180 g/mol. The van der Waals surface area contributed by atoms with Gasteiger partial charge in [-0.1, -0.05) is 48.5 Å². The summed E-state index contributed by atoms with van der Waals surface area (Å²) in [5.41, 5.74) is -5.16. The van der Waals surface area contributed by atoms with Crippen LogP contribution in [0.25, 0.3) is 0 Å². The van der Waals surface area contributed by atoms with E-state index < -0.39 is 121 Å². The number of carbonyl (C=O) groups is 6. The van der Waals surface area contributed by atoms with Gasteiger partial charge in [-0.15, -0.1) is 0 Å². The smallest absolute Gasteiger partial charge is 0.332 e. The Morgan fingerprint density at radius 1 is 0.529 bits per heavy atom. The number of fused-ring (bicyclic) bond motifs is 3. The Labute approximate surface area is 501 Å². The molecule has 0 radical (unpaired) electrons. The summed E-state index contributed by atoms with van der Waals surface area (Å²) in [5.74, 6) is -2.94. The molecule has 9 fully saturated rings. The first-order valence-electron chi connectivity index (χ1n) is 29.8. The van der Waals surface area contributed by atoms with Crippen LogP contribution >= 0.6 is 0 Å². The Hall–Kier alpha value is -3.57. The summed E-state index contributed by atoms with van der Waals surface area (Å²) in [6.07, 6.45) is 2.65. The summed E-state index contributed by atoms with van der Waals surface area (Å²) in [4.78, 5) is 71.7. The molecule has 0 amide bonds. The molecule has 0 spiro atoms. The van der Waals surface area contributed by atoms with E-state index in [4.69, 9.17) is 55.2 Å². The van der Waals surface area contributed by atoms with Crippen LogP contribution in [0.4, 0.5) is 0 Å². The second-order valence-corrected chi connectivity index (χ2v) is 33.0. The predicted octanol–water partition coefficient (Wildman–Crippen LogP) is 5.54. The van der Waals surface area contributed by atoms with Gasteiger partial charge in [0.05, 0.1) is 43.7 Å². The molecule has 0 N–H and O–H groups in total. The lowest BCUT2D eigenvalue weighted by atomic mass is 9.66. The van der Waals surface area contributed by atoms with Crippen LogP contribution in [-0.2, 0) is 114 Å². The van der Waals surface area contributed by atoms with Crippen molar-refractivity contribution in [3.05, 3.63) is 0 Å². The van der Waals surface area contributed by atoms with Crippen molar-refractivity contribution in [1.82, 2.24) is 0 Å². The largest absolute Gasteiger partial charge is 0.462 e. The molecule has 9 rings (SSSR count). The standard InChI is InChI=1S/C21H34O8S.C19H30O8S.C18H28O8S/c1-8-18(3,4)17(23)27-10-9-26-15(22)12-28-21(7)19(5)11-14-16(13(19)2)20(21,6)29-30(14,24)25;1-6-18(2,3)17(21)25-8-7-24-13(20)10-26-15-11-9-12-14(19(11,4)5)16(15)27-28(12,22)23;1-5-17(2,3)16(20)24-7-6-23-14(19)10-25-18(4)11-8-12-13(9-11)27(21,22)26-15(12)18/h13-14,16H,8-12H2,1-7H3;11-12,14-16H,6-10H2,1-5H3;11-13,15H,5-10H2,1-4H3. The zero-order valence-electron chi connectivity index (χ0n) is 52.3. The van der Waals surface area contributed by atoms with Crippen LogP contribution in [0.1, 0.15) is 156 Å². The quantitative estimate of drug-likeness (QED) is 0.0496. The van der Waals surface area contributed by atoms with E-state index in [0.717, 1.165) is 6.42 Å². The minimum Gasteiger partial charge on any atom is -0.462 e.